The molecule has 0 saturated heterocycles. The van der Waals surface area contributed by atoms with Gasteiger partial charge in [-0.1, -0.05) is 0 Å². The van der Waals surface area contributed by atoms with Gasteiger partial charge in [0.2, 0.25) is 0 Å². The van der Waals surface area contributed by atoms with Crippen LogP contribution in [0.2, 0.25) is 0 Å². The molecule has 0 spiro atoms. The molecule has 13 heavy (non-hydrogen) atoms. The van der Waals surface area contributed by atoms with Crippen LogP contribution in [-0.2, 0) is 9.63 Å². The highest BCUT2D eigenvalue weighted by molar-refractivity contribution is 5.74. The molecule has 1 amide bonds. The van der Waals surface area contributed by atoms with Crippen LogP contribution in [0.4, 0.5) is 4.79 Å². The Morgan fingerprint density at radius 2 is 1.77 bits per heavy atom. The molecule has 0 saturated carbocycles. The van der Waals surface area contributed by atoms with Crippen LogP contribution >= 0.6 is 0 Å². The van der Waals surface area contributed by atoms with Crippen LogP contribution in [0, 0.1) is 0 Å². The fourth-order valence-electron chi connectivity index (χ4n) is 0.592. The summed E-state index contributed by atoms with van der Waals surface area (Å²) in [5.74, 6) is -1.26. The summed E-state index contributed by atoms with van der Waals surface area (Å²) in [6.45, 7) is 4.20. The topological polar surface area (TPSA) is 87.1 Å². The Kier molecular flexibility index (Phi) is 3.68. The first kappa shape index (κ1) is 11.7. The number of aliphatic carboxylic acids is 1. The van der Waals surface area contributed by atoms with Gasteiger partial charge in [-0.05, 0) is 20.8 Å². The lowest BCUT2D eigenvalue weighted by atomic mass is 10.2. The first-order valence-corrected chi connectivity index (χ1v) is 3.64. The van der Waals surface area contributed by atoms with Gasteiger partial charge in [0.05, 0.1) is 5.60 Å². The second-order valence-corrected chi connectivity index (χ2v) is 3.42. The molecule has 0 aromatic rings. The van der Waals surface area contributed by atoms with Crippen molar-refractivity contribution < 1.29 is 24.6 Å². The third-order valence-electron chi connectivity index (χ3n) is 0.876. The van der Waals surface area contributed by atoms with Crippen molar-refractivity contribution in [1.82, 2.24) is 5.06 Å². The summed E-state index contributed by atoms with van der Waals surface area (Å²) in [6, 6.07) is 0. The maximum atomic E-state index is 10.5. The minimum absolute atomic E-state index is 0.391. The van der Waals surface area contributed by atoms with Gasteiger partial charge in [0.1, 0.15) is 6.54 Å². The molecular weight excluding hydrogens is 178 g/mol. The number of carboxylic acids is 1. The van der Waals surface area contributed by atoms with Gasteiger partial charge in [-0.2, -0.15) is 5.06 Å². The number of carbonyl (C=O) groups is 2. The number of hydrogen-bond donors (Lipinski definition) is 2. The van der Waals surface area contributed by atoms with Gasteiger partial charge in [-0.3, -0.25) is 9.63 Å². The van der Waals surface area contributed by atoms with E-state index in [4.69, 9.17) is 15.1 Å². The van der Waals surface area contributed by atoms with E-state index in [1.165, 1.54) is 0 Å². The number of amides is 1. The molecule has 0 aromatic heterocycles. The van der Waals surface area contributed by atoms with Gasteiger partial charge in [0, 0.05) is 0 Å². The van der Waals surface area contributed by atoms with Gasteiger partial charge in [-0.25, -0.2) is 4.79 Å². The molecule has 0 aromatic carbocycles. The number of carboxylic acid groups (broad SMARTS) is 2. The van der Waals surface area contributed by atoms with Crippen molar-refractivity contribution >= 4 is 12.1 Å². The molecule has 0 atom stereocenters. The minimum atomic E-state index is -1.42. The smallest absolute Gasteiger partial charge is 0.432 e. The lowest BCUT2D eigenvalue weighted by Crippen LogP contribution is -2.40. The third-order valence-corrected chi connectivity index (χ3v) is 0.876. The monoisotopic (exact) mass is 191 g/mol. The second kappa shape index (κ2) is 4.08. The normalized spacial score (nSPS) is 11.0. The molecule has 6 heteroatoms. The van der Waals surface area contributed by atoms with E-state index in [2.05, 4.69) is 0 Å². The summed E-state index contributed by atoms with van der Waals surface area (Å²) in [6.07, 6.45) is -1.42. The lowest BCUT2D eigenvalue weighted by Gasteiger charge is -2.26. The zero-order valence-corrected chi connectivity index (χ0v) is 7.77. The van der Waals surface area contributed by atoms with Crippen LogP contribution in [0.5, 0.6) is 0 Å². The van der Waals surface area contributed by atoms with Gasteiger partial charge < -0.3 is 10.2 Å². The lowest BCUT2D eigenvalue weighted by molar-refractivity contribution is -0.207. The average Bonchev–Trinajstić information content (AvgIpc) is 1.81. The molecule has 0 aliphatic carbocycles. The van der Waals surface area contributed by atoms with E-state index in [1.807, 2.05) is 0 Å². The maximum Gasteiger partial charge on any atom is 0.432 e. The highest BCUT2D eigenvalue weighted by Crippen LogP contribution is 2.09. The van der Waals surface area contributed by atoms with Crippen LogP contribution in [0.25, 0.3) is 0 Å². The van der Waals surface area contributed by atoms with E-state index in [9.17, 15) is 9.59 Å². The van der Waals surface area contributed by atoms with Crippen molar-refractivity contribution in [3.8, 4) is 0 Å². The van der Waals surface area contributed by atoms with Crippen LogP contribution < -0.4 is 0 Å². The summed E-state index contributed by atoms with van der Waals surface area (Å²) < 4.78 is 0. The second-order valence-electron chi connectivity index (χ2n) is 3.42. The Bertz CT molecular complexity index is 207. The Balaban J connectivity index is 4.27. The number of nitrogens with zero attached hydrogens (tertiary/aromatic N) is 1. The summed E-state index contributed by atoms with van der Waals surface area (Å²) in [5.41, 5.74) is -0.728. The molecule has 76 valence electrons. The van der Waals surface area contributed by atoms with E-state index in [-0.39, 0.29) is 0 Å². The van der Waals surface area contributed by atoms with Crippen molar-refractivity contribution in [3.63, 3.8) is 0 Å². The van der Waals surface area contributed by atoms with E-state index >= 15 is 0 Å². The summed E-state index contributed by atoms with van der Waals surface area (Å²) in [4.78, 5) is 25.5. The highest BCUT2D eigenvalue weighted by Gasteiger charge is 2.23. The molecule has 0 bridgehead atoms. The zero-order chi connectivity index (χ0) is 10.6. The van der Waals surface area contributed by atoms with Crippen molar-refractivity contribution in [2.24, 2.45) is 0 Å². The molecule has 0 aliphatic heterocycles. The average molecular weight is 191 g/mol. The van der Waals surface area contributed by atoms with Crippen LogP contribution in [-0.4, -0.2) is 39.5 Å². The Morgan fingerprint density at radius 3 is 2.00 bits per heavy atom. The summed E-state index contributed by atoms with van der Waals surface area (Å²) >= 11 is 0. The van der Waals surface area contributed by atoms with Crippen molar-refractivity contribution in [2.45, 2.75) is 26.4 Å². The molecule has 0 rings (SSSR count). The fraction of sp³-hybridized carbons (Fsp3) is 0.714. The molecule has 2 N–H and O–H groups in total. The SMILES string of the molecule is CC(C)(C)ON(CC(=O)O)C(=O)O. The molecule has 0 unspecified atom stereocenters. The third kappa shape index (κ3) is 5.92. The summed E-state index contributed by atoms with van der Waals surface area (Å²) in [7, 11) is 0. The number of hydroxylamine groups is 2. The Labute approximate surface area is 75.7 Å². The molecule has 0 fully saturated rings. The van der Waals surface area contributed by atoms with Gasteiger partial charge in [-0.15, -0.1) is 0 Å². The first-order valence-electron chi connectivity index (χ1n) is 3.64. The standard InChI is InChI=1S/C7H13NO5/c1-7(2,3)13-8(6(11)12)4-5(9)10/h4H2,1-3H3,(H,9,10)(H,11,12). The Hall–Kier alpha value is -1.30. The number of hydrogen-bond acceptors (Lipinski definition) is 3. The molecule has 0 radical (unpaired) electrons. The van der Waals surface area contributed by atoms with E-state index in [0.29, 0.717) is 5.06 Å². The van der Waals surface area contributed by atoms with Gasteiger partial charge >= 0.3 is 12.1 Å². The van der Waals surface area contributed by atoms with E-state index in [1.54, 1.807) is 20.8 Å². The Morgan fingerprint density at radius 1 is 1.31 bits per heavy atom. The first-order chi connectivity index (χ1) is 5.72. The minimum Gasteiger partial charge on any atom is -0.480 e. The predicted octanol–water partition coefficient (Wildman–Crippen LogP) is 0.781. The predicted molar refractivity (Wildman–Crippen MR) is 43.2 cm³/mol. The van der Waals surface area contributed by atoms with Crippen molar-refractivity contribution in [3.05, 3.63) is 0 Å². The molecular formula is C7H13NO5. The van der Waals surface area contributed by atoms with Gasteiger partial charge in [0.15, 0.2) is 0 Å². The van der Waals surface area contributed by atoms with Crippen LogP contribution in [0.3, 0.4) is 0 Å². The molecule has 0 heterocycles. The highest BCUT2D eigenvalue weighted by atomic mass is 16.7. The number of rotatable bonds is 3. The molecule has 0 aliphatic rings. The van der Waals surface area contributed by atoms with Crippen LogP contribution in [0.15, 0.2) is 0 Å². The van der Waals surface area contributed by atoms with Gasteiger partial charge in [0.25, 0.3) is 0 Å². The zero-order valence-electron chi connectivity index (χ0n) is 7.77. The quantitative estimate of drug-likeness (QED) is 0.643. The van der Waals surface area contributed by atoms with E-state index in [0.717, 1.165) is 0 Å². The van der Waals surface area contributed by atoms with Crippen molar-refractivity contribution in [1.29, 1.82) is 0 Å². The largest absolute Gasteiger partial charge is 0.480 e. The van der Waals surface area contributed by atoms with Crippen molar-refractivity contribution in [2.75, 3.05) is 6.54 Å². The summed E-state index contributed by atoms with van der Waals surface area (Å²) in [5, 5.41) is 17.3. The fourth-order valence-corrected chi connectivity index (χ4v) is 0.592. The maximum absolute atomic E-state index is 10.5. The van der Waals surface area contributed by atoms with Crippen LogP contribution in [0.1, 0.15) is 20.8 Å². The molecule has 6 nitrogen and oxygen atoms in total. The van der Waals surface area contributed by atoms with E-state index < -0.39 is 24.2 Å².